The quantitative estimate of drug-likeness (QED) is 0.825. The lowest BCUT2D eigenvalue weighted by atomic mass is 9.99. The zero-order valence-electron chi connectivity index (χ0n) is 9.59. The lowest BCUT2D eigenvalue weighted by Crippen LogP contribution is -2.53. The molecule has 1 N–H and O–H groups in total. The van der Waals surface area contributed by atoms with Gasteiger partial charge in [0.15, 0.2) is 0 Å². The summed E-state index contributed by atoms with van der Waals surface area (Å²) in [5.74, 6) is -1.28. The number of hydrogen-bond acceptors (Lipinski definition) is 3. The van der Waals surface area contributed by atoms with E-state index in [1.807, 2.05) is 19.1 Å². The first kappa shape index (κ1) is 11.6. The molecule has 2 rings (SSSR count). The molecule has 0 unspecified atom stereocenters. The van der Waals surface area contributed by atoms with E-state index >= 15 is 0 Å². The fraction of sp³-hybridized carbons (Fsp3) is 0.417. The van der Waals surface area contributed by atoms with Gasteiger partial charge in [0, 0.05) is 19.3 Å². The molecule has 2 heterocycles. The number of rotatable bonds is 3. The van der Waals surface area contributed by atoms with E-state index in [4.69, 9.17) is 5.11 Å². The van der Waals surface area contributed by atoms with E-state index in [0.29, 0.717) is 13.1 Å². The summed E-state index contributed by atoms with van der Waals surface area (Å²) in [7, 11) is 0. The molecule has 0 saturated carbocycles. The number of hydrogen-bond donors (Lipinski definition) is 1. The highest BCUT2D eigenvalue weighted by Crippen LogP contribution is 2.17. The molecule has 17 heavy (non-hydrogen) atoms. The molecule has 0 aliphatic carbocycles. The number of aromatic nitrogens is 1. The summed E-state index contributed by atoms with van der Waals surface area (Å²) in [6, 6.07) is 3.74. The third-order valence-corrected chi connectivity index (χ3v) is 3.02. The highest BCUT2D eigenvalue weighted by molar-refractivity contribution is 5.82. The highest BCUT2D eigenvalue weighted by Gasteiger charge is 2.35. The third-order valence-electron chi connectivity index (χ3n) is 3.02. The number of aliphatic carboxylic acids is 1. The summed E-state index contributed by atoms with van der Waals surface area (Å²) < 4.78 is 0. The molecule has 0 atom stereocenters. The molecule has 1 aromatic rings. The Morgan fingerprint density at radius 3 is 2.82 bits per heavy atom. The van der Waals surface area contributed by atoms with Crippen molar-refractivity contribution in [3.8, 4) is 0 Å². The second kappa shape index (κ2) is 4.53. The number of carbonyl (C=O) groups excluding carboxylic acids is 1. The van der Waals surface area contributed by atoms with Gasteiger partial charge in [0.1, 0.15) is 0 Å². The minimum Gasteiger partial charge on any atom is -0.481 e. The maximum Gasteiger partial charge on any atom is 0.310 e. The van der Waals surface area contributed by atoms with E-state index in [9.17, 15) is 9.59 Å². The average Bonchev–Trinajstić information content (AvgIpc) is 2.18. The van der Waals surface area contributed by atoms with Crippen molar-refractivity contribution in [1.29, 1.82) is 0 Å². The van der Waals surface area contributed by atoms with Crippen LogP contribution >= 0.6 is 0 Å². The zero-order chi connectivity index (χ0) is 12.4. The maximum atomic E-state index is 11.8. The molecule has 0 aromatic carbocycles. The molecule has 0 bridgehead atoms. The lowest BCUT2D eigenvalue weighted by Gasteiger charge is -2.36. The molecule has 1 aliphatic heterocycles. The average molecular weight is 234 g/mol. The first-order valence-corrected chi connectivity index (χ1v) is 5.49. The van der Waals surface area contributed by atoms with Crippen LogP contribution in [0.15, 0.2) is 18.3 Å². The number of pyridine rings is 1. The van der Waals surface area contributed by atoms with E-state index in [2.05, 4.69) is 4.98 Å². The van der Waals surface area contributed by atoms with Gasteiger partial charge in [0.25, 0.3) is 0 Å². The van der Waals surface area contributed by atoms with Crippen LogP contribution in [0.3, 0.4) is 0 Å². The van der Waals surface area contributed by atoms with Crippen LogP contribution in [-0.4, -0.2) is 40.0 Å². The van der Waals surface area contributed by atoms with Crippen molar-refractivity contribution in [3.05, 3.63) is 29.6 Å². The molecule has 1 saturated heterocycles. The first-order chi connectivity index (χ1) is 8.08. The van der Waals surface area contributed by atoms with Crippen molar-refractivity contribution in [2.24, 2.45) is 5.92 Å². The van der Waals surface area contributed by atoms with Crippen LogP contribution in [0.1, 0.15) is 11.3 Å². The van der Waals surface area contributed by atoms with Gasteiger partial charge < -0.3 is 10.0 Å². The van der Waals surface area contributed by atoms with E-state index in [1.54, 1.807) is 11.1 Å². The number of likely N-dealkylation sites (tertiary alicyclic amines) is 1. The Morgan fingerprint density at radius 1 is 1.53 bits per heavy atom. The molecular weight excluding hydrogens is 220 g/mol. The van der Waals surface area contributed by atoms with Gasteiger partial charge in [-0.25, -0.2) is 0 Å². The largest absolute Gasteiger partial charge is 0.481 e. The van der Waals surface area contributed by atoms with Gasteiger partial charge in [-0.15, -0.1) is 0 Å². The van der Waals surface area contributed by atoms with Crippen molar-refractivity contribution < 1.29 is 14.7 Å². The Balaban J connectivity index is 1.91. The van der Waals surface area contributed by atoms with Crippen LogP contribution in [0.25, 0.3) is 0 Å². The molecule has 5 nitrogen and oxygen atoms in total. The smallest absolute Gasteiger partial charge is 0.310 e. The zero-order valence-corrected chi connectivity index (χ0v) is 9.59. The van der Waals surface area contributed by atoms with Gasteiger partial charge in [-0.3, -0.25) is 14.6 Å². The lowest BCUT2D eigenvalue weighted by molar-refractivity contribution is -0.152. The second-order valence-corrected chi connectivity index (χ2v) is 4.28. The molecule has 1 aromatic heterocycles. The molecule has 0 radical (unpaired) electrons. The molecular formula is C12H14N2O3. The van der Waals surface area contributed by atoms with Gasteiger partial charge in [0.2, 0.25) is 5.91 Å². The van der Waals surface area contributed by atoms with Crippen LogP contribution in [0.4, 0.5) is 0 Å². The topological polar surface area (TPSA) is 70.5 Å². The van der Waals surface area contributed by atoms with E-state index < -0.39 is 11.9 Å². The Labute approximate surface area is 99.1 Å². The standard InChI is InChI=1S/C12H14N2O3/c1-8-3-2-4-13-10(8)5-11(15)14-6-9(7-14)12(16)17/h2-4,9H,5-7H2,1H3,(H,16,17). The fourth-order valence-corrected chi connectivity index (χ4v) is 1.80. The Bertz CT molecular complexity index is 453. The minimum absolute atomic E-state index is 0.0516. The van der Waals surface area contributed by atoms with Gasteiger partial charge >= 0.3 is 5.97 Å². The van der Waals surface area contributed by atoms with Crippen molar-refractivity contribution in [2.45, 2.75) is 13.3 Å². The number of aryl methyl sites for hydroxylation is 1. The summed E-state index contributed by atoms with van der Waals surface area (Å²) in [6.07, 6.45) is 1.91. The van der Waals surface area contributed by atoms with Crippen molar-refractivity contribution in [3.63, 3.8) is 0 Å². The Morgan fingerprint density at radius 2 is 2.24 bits per heavy atom. The van der Waals surface area contributed by atoms with Gasteiger partial charge in [0.05, 0.1) is 18.0 Å². The number of carboxylic acid groups (broad SMARTS) is 1. The van der Waals surface area contributed by atoms with Crippen LogP contribution < -0.4 is 0 Å². The predicted molar refractivity (Wildman–Crippen MR) is 60.4 cm³/mol. The van der Waals surface area contributed by atoms with Crippen molar-refractivity contribution in [2.75, 3.05) is 13.1 Å². The van der Waals surface area contributed by atoms with Crippen LogP contribution in [0.5, 0.6) is 0 Å². The number of amides is 1. The number of nitrogens with zero attached hydrogens (tertiary/aromatic N) is 2. The summed E-state index contributed by atoms with van der Waals surface area (Å²) in [5.41, 5.74) is 1.74. The predicted octanol–water partition coefficient (Wildman–Crippen LogP) is 0.476. The third kappa shape index (κ3) is 2.43. The highest BCUT2D eigenvalue weighted by atomic mass is 16.4. The van der Waals surface area contributed by atoms with Crippen LogP contribution in [-0.2, 0) is 16.0 Å². The van der Waals surface area contributed by atoms with Gasteiger partial charge in [-0.1, -0.05) is 6.07 Å². The van der Waals surface area contributed by atoms with Gasteiger partial charge in [-0.2, -0.15) is 0 Å². The molecule has 1 fully saturated rings. The second-order valence-electron chi connectivity index (χ2n) is 4.28. The molecule has 0 spiro atoms. The minimum atomic E-state index is -0.830. The normalized spacial score (nSPS) is 15.5. The fourth-order valence-electron chi connectivity index (χ4n) is 1.80. The first-order valence-electron chi connectivity index (χ1n) is 5.49. The summed E-state index contributed by atoms with van der Waals surface area (Å²) in [5, 5.41) is 8.72. The molecule has 90 valence electrons. The monoisotopic (exact) mass is 234 g/mol. The molecule has 1 amide bonds. The van der Waals surface area contributed by atoms with Gasteiger partial charge in [-0.05, 0) is 18.6 Å². The number of carbonyl (C=O) groups is 2. The van der Waals surface area contributed by atoms with Crippen LogP contribution in [0.2, 0.25) is 0 Å². The summed E-state index contributed by atoms with van der Waals surface area (Å²) >= 11 is 0. The van der Waals surface area contributed by atoms with Crippen LogP contribution in [0, 0.1) is 12.8 Å². The van der Waals surface area contributed by atoms with E-state index in [1.165, 1.54) is 0 Å². The van der Waals surface area contributed by atoms with Crippen molar-refractivity contribution >= 4 is 11.9 Å². The summed E-state index contributed by atoms with van der Waals surface area (Å²) in [6.45, 7) is 2.55. The van der Waals surface area contributed by atoms with Crippen molar-refractivity contribution in [1.82, 2.24) is 9.88 Å². The SMILES string of the molecule is Cc1cccnc1CC(=O)N1CC(C(=O)O)C1. The summed E-state index contributed by atoms with van der Waals surface area (Å²) in [4.78, 5) is 28.1. The Kier molecular flexibility index (Phi) is 3.08. The Hall–Kier alpha value is -1.91. The maximum absolute atomic E-state index is 11.8. The molecule has 5 heteroatoms. The van der Waals surface area contributed by atoms with E-state index in [-0.39, 0.29) is 12.3 Å². The van der Waals surface area contributed by atoms with E-state index in [0.717, 1.165) is 11.3 Å². The number of carboxylic acids is 1. The molecule has 1 aliphatic rings.